The minimum Gasteiger partial charge on any atom is -0.395 e. The first-order valence-corrected chi connectivity index (χ1v) is 6.03. The molecule has 0 fully saturated rings. The van der Waals surface area contributed by atoms with Gasteiger partial charge < -0.3 is 15.3 Å². The summed E-state index contributed by atoms with van der Waals surface area (Å²) in [5.41, 5.74) is 2.28. The number of carbonyl (C=O) groups excluding carboxylic acids is 1. The summed E-state index contributed by atoms with van der Waals surface area (Å²) in [4.78, 5) is 13.9. The van der Waals surface area contributed by atoms with Gasteiger partial charge in [0, 0.05) is 18.8 Å². The van der Waals surface area contributed by atoms with Crippen LogP contribution in [0, 0.1) is 0 Å². The maximum atomic E-state index is 12.0. The molecule has 1 aromatic rings. The van der Waals surface area contributed by atoms with Crippen LogP contribution in [0.5, 0.6) is 0 Å². The van der Waals surface area contributed by atoms with E-state index in [9.17, 15) is 4.79 Å². The van der Waals surface area contributed by atoms with Crippen LogP contribution in [0.1, 0.15) is 12.0 Å². The molecule has 1 heterocycles. The number of hydrogen-bond donors (Lipinski definition) is 2. The summed E-state index contributed by atoms with van der Waals surface area (Å²) >= 11 is 0. The fourth-order valence-corrected chi connectivity index (χ4v) is 2.16. The molecule has 0 aliphatic carbocycles. The zero-order valence-corrected chi connectivity index (χ0v) is 9.85. The molecular weight excluding hydrogens is 216 g/mol. The fourth-order valence-electron chi connectivity index (χ4n) is 2.16. The van der Waals surface area contributed by atoms with Gasteiger partial charge in [0.15, 0.2) is 0 Å². The van der Waals surface area contributed by atoms with Crippen molar-refractivity contribution < 1.29 is 9.90 Å². The topological polar surface area (TPSA) is 52.6 Å². The van der Waals surface area contributed by atoms with Gasteiger partial charge in [0.1, 0.15) is 0 Å². The van der Waals surface area contributed by atoms with Gasteiger partial charge >= 0.3 is 0 Å². The van der Waals surface area contributed by atoms with Crippen molar-refractivity contribution in [2.24, 2.45) is 0 Å². The Kier molecular flexibility index (Phi) is 4.12. The number of aliphatic hydroxyl groups excluding tert-OH is 1. The normalized spacial score (nSPS) is 14.5. The Labute approximate surface area is 101 Å². The molecule has 0 radical (unpaired) electrons. The summed E-state index contributed by atoms with van der Waals surface area (Å²) in [5.74, 6) is 0.0746. The Hall–Kier alpha value is -1.39. The summed E-state index contributed by atoms with van der Waals surface area (Å²) in [6.45, 7) is 1.59. The van der Waals surface area contributed by atoms with Crippen molar-refractivity contribution in [1.82, 2.24) is 5.32 Å². The molecule has 2 N–H and O–H groups in total. The summed E-state index contributed by atoms with van der Waals surface area (Å²) < 4.78 is 0. The van der Waals surface area contributed by atoms with Gasteiger partial charge in [-0.1, -0.05) is 18.2 Å². The Morgan fingerprint density at radius 3 is 3.06 bits per heavy atom. The number of para-hydroxylation sites is 1. The molecule has 0 saturated heterocycles. The highest BCUT2D eigenvalue weighted by Gasteiger charge is 2.21. The maximum Gasteiger partial charge on any atom is 0.240 e. The van der Waals surface area contributed by atoms with Crippen molar-refractivity contribution in [1.29, 1.82) is 0 Å². The number of aliphatic hydroxyl groups is 1. The van der Waals surface area contributed by atoms with E-state index in [1.807, 2.05) is 23.1 Å². The number of fused-ring (bicyclic) bond motifs is 1. The van der Waals surface area contributed by atoms with Crippen LogP contribution in [0.25, 0.3) is 0 Å². The molecule has 92 valence electrons. The Bertz CT molecular complexity index is 393. The van der Waals surface area contributed by atoms with E-state index in [4.69, 9.17) is 5.11 Å². The molecular formula is C13H18N2O2. The van der Waals surface area contributed by atoms with Crippen LogP contribution in [-0.2, 0) is 11.2 Å². The van der Waals surface area contributed by atoms with Gasteiger partial charge in [0.05, 0.1) is 13.2 Å². The SMILES string of the molecule is O=C(CNCCO)N1CCCc2ccccc21. The lowest BCUT2D eigenvalue weighted by molar-refractivity contribution is -0.117. The van der Waals surface area contributed by atoms with Crippen LogP contribution >= 0.6 is 0 Å². The van der Waals surface area contributed by atoms with E-state index in [1.165, 1.54) is 5.56 Å². The van der Waals surface area contributed by atoms with E-state index in [0.717, 1.165) is 25.1 Å². The van der Waals surface area contributed by atoms with Crippen LogP contribution in [0.15, 0.2) is 24.3 Å². The zero-order valence-electron chi connectivity index (χ0n) is 9.85. The third-order valence-electron chi connectivity index (χ3n) is 2.98. The Balaban J connectivity index is 2.05. The van der Waals surface area contributed by atoms with Gasteiger partial charge in [-0.3, -0.25) is 4.79 Å². The molecule has 1 aliphatic rings. The lowest BCUT2D eigenvalue weighted by atomic mass is 10.0. The predicted molar refractivity (Wildman–Crippen MR) is 67.1 cm³/mol. The number of rotatable bonds is 4. The highest BCUT2D eigenvalue weighted by molar-refractivity contribution is 5.95. The van der Waals surface area contributed by atoms with Crippen LogP contribution in [0.3, 0.4) is 0 Å². The minimum atomic E-state index is 0.0594. The van der Waals surface area contributed by atoms with Gasteiger partial charge in [-0.05, 0) is 24.5 Å². The number of anilines is 1. The van der Waals surface area contributed by atoms with Crippen LogP contribution in [0.2, 0.25) is 0 Å². The van der Waals surface area contributed by atoms with Crippen molar-refractivity contribution in [3.63, 3.8) is 0 Å². The minimum absolute atomic E-state index is 0.0594. The molecule has 0 unspecified atom stereocenters. The van der Waals surface area contributed by atoms with E-state index < -0.39 is 0 Å². The third-order valence-corrected chi connectivity index (χ3v) is 2.98. The second kappa shape index (κ2) is 5.80. The van der Waals surface area contributed by atoms with Crippen molar-refractivity contribution in [2.75, 3.05) is 31.1 Å². The molecule has 1 amide bonds. The predicted octanol–water partition coefficient (Wildman–Crippen LogP) is 0.548. The maximum absolute atomic E-state index is 12.0. The van der Waals surface area contributed by atoms with E-state index in [1.54, 1.807) is 0 Å². The van der Waals surface area contributed by atoms with Gasteiger partial charge in [-0.15, -0.1) is 0 Å². The second-order valence-corrected chi connectivity index (χ2v) is 4.18. The number of nitrogens with one attached hydrogen (secondary N) is 1. The average Bonchev–Trinajstić information content (AvgIpc) is 2.38. The van der Waals surface area contributed by atoms with E-state index in [0.29, 0.717) is 6.54 Å². The molecule has 1 aromatic carbocycles. The summed E-state index contributed by atoms with van der Waals surface area (Å²) in [6, 6.07) is 8.05. The van der Waals surface area contributed by atoms with Crippen LogP contribution in [-0.4, -0.2) is 37.3 Å². The molecule has 4 heteroatoms. The molecule has 1 aliphatic heterocycles. The van der Waals surface area contributed by atoms with Crippen molar-refractivity contribution in [2.45, 2.75) is 12.8 Å². The van der Waals surface area contributed by atoms with Crippen LogP contribution in [0.4, 0.5) is 5.69 Å². The lowest BCUT2D eigenvalue weighted by Crippen LogP contribution is -2.41. The summed E-state index contributed by atoms with van der Waals surface area (Å²) in [6.07, 6.45) is 2.06. The van der Waals surface area contributed by atoms with Gasteiger partial charge in [0.25, 0.3) is 0 Å². The molecule has 0 saturated carbocycles. The smallest absolute Gasteiger partial charge is 0.240 e. The number of nitrogens with zero attached hydrogens (tertiary/aromatic N) is 1. The van der Waals surface area contributed by atoms with Crippen LogP contribution < -0.4 is 10.2 Å². The number of amides is 1. The largest absolute Gasteiger partial charge is 0.395 e. The molecule has 2 rings (SSSR count). The van der Waals surface area contributed by atoms with E-state index >= 15 is 0 Å². The third kappa shape index (κ3) is 2.84. The summed E-state index contributed by atoms with van der Waals surface area (Å²) in [7, 11) is 0. The highest BCUT2D eigenvalue weighted by Crippen LogP contribution is 2.26. The molecule has 0 bridgehead atoms. The highest BCUT2D eigenvalue weighted by atomic mass is 16.3. The zero-order chi connectivity index (χ0) is 12.1. The molecule has 17 heavy (non-hydrogen) atoms. The second-order valence-electron chi connectivity index (χ2n) is 4.18. The fraction of sp³-hybridized carbons (Fsp3) is 0.462. The molecule has 0 aromatic heterocycles. The summed E-state index contributed by atoms with van der Waals surface area (Å²) in [5, 5.41) is 11.6. The number of benzene rings is 1. The Morgan fingerprint density at radius 2 is 2.24 bits per heavy atom. The number of aryl methyl sites for hydroxylation is 1. The van der Waals surface area contributed by atoms with Gasteiger partial charge in [-0.25, -0.2) is 0 Å². The first-order chi connectivity index (χ1) is 8.33. The van der Waals surface area contributed by atoms with Gasteiger partial charge in [-0.2, -0.15) is 0 Å². The average molecular weight is 234 g/mol. The molecule has 0 atom stereocenters. The first-order valence-electron chi connectivity index (χ1n) is 6.03. The quantitative estimate of drug-likeness (QED) is 0.748. The number of carbonyl (C=O) groups is 1. The number of hydrogen-bond acceptors (Lipinski definition) is 3. The van der Waals surface area contributed by atoms with Crippen molar-refractivity contribution in [3.8, 4) is 0 Å². The molecule has 4 nitrogen and oxygen atoms in total. The van der Waals surface area contributed by atoms with Gasteiger partial charge in [0.2, 0.25) is 5.91 Å². The van der Waals surface area contributed by atoms with Crippen molar-refractivity contribution >= 4 is 11.6 Å². The lowest BCUT2D eigenvalue weighted by Gasteiger charge is -2.29. The van der Waals surface area contributed by atoms with E-state index in [2.05, 4.69) is 11.4 Å². The van der Waals surface area contributed by atoms with Crippen molar-refractivity contribution in [3.05, 3.63) is 29.8 Å². The standard InChI is InChI=1S/C13H18N2O2/c16-9-7-14-10-13(17)15-8-3-5-11-4-1-2-6-12(11)15/h1-2,4,6,14,16H,3,5,7-10H2. The monoisotopic (exact) mass is 234 g/mol. The van der Waals surface area contributed by atoms with E-state index in [-0.39, 0.29) is 19.1 Å². The first kappa shape index (κ1) is 12.1. The molecule has 0 spiro atoms. The Morgan fingerprint density at radius 1 is 1.41 bits per heavy atom.